The highest BCUT2D eigenvalue weighted by Crippen LogP contribution is 2.53. The minimum atomic E-state index is -0.150. The van der Waals surface area contributed by atoms with Crippen LogP contribution in [0.1, 0.15) is 48.5 Å². The summed E-state index contributed by atoms with van der Waals surface area (Å²) < 4.78 is 5.84. The lowest BCUT2D eigenvalue weighted by Gasteiger charge is -2.26. The summed E-state index contributed by atoms with van der Waals surface area (Å²) in [7, 11) is 0. The van der Waals surface area contributed by atoms with Crippen molar-refractivity contribution in [3.8, 4) is 5.75 Å². The van der Waals surface area contributed by atoms with Crippen LogP contribution in [0.4, 0.5) is 0 Å². The fraction of sp³-hybridized carbons (Fsp3) is 0.500. The van der Waals surface area contributed by atoms with Crippen molar-refractivity contribution in [1.82, 2.24) is 0 Å². The van der Waals surface area contributed by atoms with Crippen LogP contribution < -0.4 is 4.74 Å². The van der Waals surface area contributed by atoms with Crippen LogP contribution in [0.5, 0.6) is 5.75 Å². The third kappa shape index (κ3) is 1.22. The number of carbonyl (C=O) groups is 1. The summed E-state index contributed by atoms with van der Waals surface area (Å²) in [5.41, 5.74) is 1.80. The molecule has 0 unspecified atom stereocenters. The van der Waals surface area contributed by atoms with E-state index in [-0.39, 0.29) is 5.41 Å². The van der Waals surface area contributed by atoms with E-state index in [1.54, 1.807) is 0 Å². The van der Waals surface area contributed by atoms with Crippen LogP contribution in [0.15, 0.2) is 18.2 Å². The van der Waals surface area contributed by atoms with Gasteiger partial charge in [-0.2, -0.15) is 0 Å². The molecule has 1 heterocycles. The molecule has 0 atom stereocenters. The molecular weight excluding hydrogens is 200 g/mol. The Hall–Kier alpha value is -1.31. The van der Waals surface area contributed by atoms with Gasteiger partial charge in [0, 0.05) is 0 Å². The predicted molar refractivity (Wildman–Crippen MR) is 62.0 cm³/mol. The van der Waals surface area contributed by atoms with Crippen molar-refractivity contribution >= 4 is 5.78 Å². The van der Waals surface area contributed by atoms with E-state index in [0.29, 0.717) is 18.3 Å². The average Bonchev–Trinajstić information content (AvgIpc) is 3.04. The molecule has 1 spiro atoms. The van der Waals surface area contributed by atoms with Gasteiger partial charge in [-0.05, 0) is 30.4 Å². The Bertz CT molecular complexity index is 456. The minimum Gasteiger partial charge on any atom is -0.491 e. The fourth-order valence-electron chi connectivity index (χ4n) is 2.43. The van der Waals surface area contributed by atoms with Gasteiger partial charge in [-0.1, -0.05) is 26.0 Å². The first kappa shape index (κ1) is 9.88. The first-order valence-electron chi connectivity index (χ1n) is 5.94. The first-order chi connectivity index (χ1) is 7.64. The Morgan fingerprint density at radius 3 is 2.69 bits per heavy atom. The highest BCUT2D eigenvalue weighted by atomic mass is 16.5. The molecule has 84 valence electrons. The van der Waals surface area contributed by atoms with Gasteiger partial charge in [-0.3, -0.25) is 4.79 Å². The number of fused-ring (bicyclic) bond motifs is 1. The molecule has 1 aliphatic heterocycles. The third-order valence-corrected chi connectivity index (χ3v) is 3.74. The van der Waals surface area contributed by atoms with Crippen LogP contribution >= 0.6 is 0 Å². The van der Waals surface area contributed by atoms with Gasteiger partial charge in [0.2, 0.25) is 0 Å². The topological polar surface area (TPSA) is 26.3 Å². The van der Waals surface area contributed by atoms with E-state index in [2.05, 4.69) is 19.9 Å². The van der Waals surface area contributed by atoms with E-state index in [4.69, 9.17) is 4.74 Å². The molecule has 0 bridgehead atoms. The van der Waals surface area contributed by atoms with Crippen molar-refractivity contribution in [3.05, 3.63) is 29.3 Å². The summed E-state index contributed by atoms with van der Waals surface area (Å²) in [5, 5.41) is 0. The van der Waals surface area contributed by atoms with E-state index in [1.807, 2.05) is 12.1 Å². The zero-order chi connectivity index (χ0) is 11.3. The number of ketones is 1. The Balaban J connectivity index is 2.12. The quantitative estimate of drug-likeness (QED) is 0.720. The lowest BCUT2D eigenvalue weighted by Crippen LogP contribution is -2.30. The summed E-state index contributed by atoms with van der Waals surface area (Å²) >= 11 is 0. The van der Waals surface area contributed by atoms with Gasteiger partial charge in [0.25, 0.3) is 0 Å². The Labute approximate surface area is 95.6 Å². The predicted octanol–water partition coefficient (Wildman–Crippen LogP) is 3.17. The molecule has 0 radical (unpaired) electrons. The number of ether oxygens (including phenoxy) is 1. The molecule has 0 saturated heterocycles. The molecule has 2 nitrogen and oxygen atoms in total. The maximum Gasteiger partial charge on any atom is 0.176 e. The van der Waals surface area contributed by atoms with Gasteiger partial charge in [-0.25, -0.2) is 0 Å². The normalized spacial score (nSPS) is 20.8. The van der Waals surface area contributed by atoms with E-state index in [1.165, 1.54) is 0 Å². The number of hydrogen-bond donors (Lipinski definition) is 0. The standard InChI is InChI=1S/C14H16O2/c1-9(2)10-4-3-5-11-12(10)16-8-14(6-7-14)13(11)15/h3-5,9H,6-8H2,1-2H3. The highest BCUT2D eigenvalue weighted by Gasteiger charge is 2.53. The smallest absolute Gasteiger partial charge is 0.176 e. The number of carbonyl (C=O) groups excluding carboxylic acids is 1. The van der Waals surface area contributed by atoms with Crippen molar-refractivity contribution in [1.29, 1.82) is 0 Å². The van der Waals surface area contributed by atoms with Crippen molar-refractivity contribution in [2.24, 2.45) is 5.41 Å². The lowest BCUT2D eigenvalue weighted by molar-refractivity contribution is 0.0796. The zero-order valence-electron chi connectivity index (χ0n) is 9.75. The molecule has 0 aromatic heterocycles. The minimum absolute atomic E-state index is 0.150. The van der Waals surface area contributed by atoms with E-state index in [0.717, 1.165) is 29.7 Å². The van der Waals surface area contributed by atoms with Crippen molar-refractivity contribution in [2.75, 3.05) is 6.61 Å². The van der Waals surface area contributed by atoms with Gasteiger partial charge >= 0.3 is 0 Å². The van der Waals surface area contributed by atoms with Crippen molar-refractivity contribution in [2.45, 2.75) is 32.6 Å². The second-order valence-electron chi connectivity index (χ2n) is 5.28. The van der Waals surface area contributed by atoms with Crippen LogP contribution in [0.3, 0.4) is 0 Å². The molecule has 2 aliphatic rings. The Morgan fingerprint density at radius 2 is 2.06 bits per heavy atom. The Morgan fingerprint density at radius 1 is 1.31 bits per heavy atom. The van der Waals surface area contributed by atoms with Crippen LogP contribution in [0.2, 0.25) is 0 Å². The highest BCUT2D eigenvalue weighted by molar-refractivity contribution is 6.05. The number of Topliss-reactive ketones (excluding diaryl/α,β-unsaturated/α-hetero) is 1. The third-order valence-electron chi connectivity index (χ3n) is 3.74. The number of rotatable bonds is 1. The lowest BCUT2D eigenvalue weighted by atomic mass is 9.89. The van der Waals surface area contributed by atoms with Gasteiger partial charge in [-0.15, -0.1) is 0 Å². The maximum absolute atomic E-state index is 12.3. The number of benzene rings is 1. The van der Waals surface area contributed by atoms with E-state index < -0.39 is 0 Å². The van der Waals surface area contributed by atoms with Crippen LogP contribution in [-0.4, -0.2) is 12.4 Å². The molecule has 1 saturated carbocycles. The molecule has 1 aromatic carbocycles. The summed E-state index contributed by atoms with van der Waals surface area (Å²) in [6, 6.07) is 5.93. The van der Waals surface area contributed by atoms with Gasteiger partial charge < -0.3 is 4.74 Å². The molecule has 1 aromatic rings. The summed E-state index contributed by atoms with van der Waals surface area (Å²) in [6.07, 6.45) is 1.99. The van der Waals surface area contributed by atoms with E-state index in [9.17, 15) is 4.79 Å². The molecule has 0 N–H and O–H groups in total. The average molecular weight is 216 g/mol. The summed E-state index contributed by atoms with van der Waals surface area (Å²) in [4.78, 5) is 12.3. The first-order valence-corrected chi connectivity index (χ1v) is 5.94. The summed E-state index contributed by atoms with van der Waals surface area (Å²) in [5.74, 6) is 1.53. The monoisotopic (exact) mass is 216 g/mol. The molecule has 16 heavy (non-hydrogen) atoms. The largest absolute Gasteiger partial charge is 0.491 e. The van der Waals surface area contributed by atoms with Crippen LogP contribution in [-0.2, 0) is 0 Å². The van der Waals surface area contributed by atoms with Gasteiger partial charge in [0.1, 0.15) is 12.4 Å². The summed E-state index contributed by atoms with van der Waals surface area (Å²) in [6.45, 7) is 4.85. The zero-order valence-corrected chi connectivity index (χ0v) is 9.75. The van der Waals surface area contributed by atoms with Gasteiger partial charge in [0.05, 0.1) is 11.0 Å². The SMILES string of the molecule is CC(C)c1cccc2c1OCC1(CC1)C2=O. The second-order valence-corrected chi connectivity index (χ2v) is 5.28. The fourth-order valence-corrected chi connectivity index (χ4v) is 2.43. The second kappa shape index (κ2) is 3.09. The van der Waals surface area contributed by atoms with Crippen LogP contribution in [0, 0.1) is 5.41 Å². The van der Waals surface area contributed by atoms with Gasteiger partial charge in [0.15, 0.2) is 5.78 Å². The molecule has 1 fully saturated rings. The molecular formula is C14H16O2. The molecule has 2 heteroatoms. The van der Waals surface area contributed by atoms with E-state index >= 15 is 0 Å². The number of hydrogen-bond acceptors (Lipinski definition) is 2. The molecule has 0 amide bonds. The van der Waals surface area contributed by atoms with Crippen LogP contribution in [0.25, 0.3) is 0 Å². The van der Waals surface area contributed by atoms with Crippen molar-refractivity contribution in [3.63, 3.8) is 0 Å². The molecule has 3 rings (SSSR count). The Kier molecular flexibility index (Phi) is 1.91. The molecule has 1 aliphatic carbocycles. The van der Waals surface area contributed by atoms with Crippen molar-refractivity contribution < 1.29 is 9.53 Å². The maximum atomic E-state index is 12.3. The number of para-hydroxylation sites is 1.